The van der Waals surface area contributed by atoms with E-state index in [0.29, 0.717) is 24.6 Å². The van der Waals surface area contributed by atoms with Crippen LogP contribution in [0.1, 0.15) is 25.8 Å². The molecule has 0 fully saturated rings. The lowest BCUT2D eigenvalue weighted by Crippen LogP contribution is -2.40. The quantitative estimate of drug-likeness (QED) is 0.545. The summed E-state index contributed by atoms with van der Waals surface area (Å²) in [4.78, 5) is 12.5. The van der Waals surface area contributed by atoms with Gasteiger partial charge in [-0.1, -0.05) is 41.9 Å². The molecule has 0 aliphatic rings. The van der Waals surface area contributed by atoms with Gasteiger partial charge in [-0.15, -0.1) is 0 Å². The maximum atomic E-state index is 13.1. The van der Waals surface area contributed by atoms with E-state index >= 15 is 0 Å². The van der Waals surface area contributed by atoms with Gasteiger partial charge in [0.15, 0.2) is 0 Å². The molecule has 0 aliphatic heterocycles. The van der Waals surface area contributed by atoms with Gasteiger partial charge >= 0.3 is 0 Å². The van der Waals surface area contributed by atoms with Crippen LogP contribution in [0.15, 0.2) is 59.5 Å². The number of carbonyl (C=O) groups is 1. The summed E-state index contributed by atoms with van der Waals surface area (Å²) < 4.78 is 32.8. The highest BCUT2D eigenvalue weighted by Crippen LogP contribution is 2.19. The molecular formula is C21H27ClN2O4S. The summed E-state index contributed by atoms with van der Waals surface area (Å²) in [6.45, 7) is 4.65. The third-order valence-corrected chi connectivity index (χ3v) is 6.13. The Morgan fingerprint density at radius 1 is 1.10 bits per heavy atom. The number of sulfonamides is 1. The van der Waals surface area contributed by atoms with Crippen molar-refractivity contribution in [3.05, 3.63) is 65.2 Å². The van der Waals surface area contributed by atoms with Crippen LogP contribution in [0.25, 0.3) is 0 Å². The van der Waals surface area contributed by atoms with Crippen LogP contribution in [0.4, 0.5) is 0 Å². The van der Waals surface area contributed by atoms with Gasteiger partial charge in [-0.3, -0.25) is 4.79 Å². The van der Waals surface area contributed by atoms with Gasteiger partial charge in [0.2, 0.25) is 15.9 Å². The Morgan fingerprint density at radius 3 is 2.38 bits per heavy atom. The first-order valence-electron chi connectivity index (χ1n) is 9.47. The van der Waals surface area contributed by atoms with E-state index in [-0.39, 0.29) is 30.0 Å². The van der Waals surface area contributed by atoms with Crippen LogP contribution in [-0.2, 0) is 26.1 Å². The molecule has 0 saturated carbocycles. The molecule has 1 amide bonds. The molecule has 158 valence electrons. The van der Waals surface area contributed by atoms with Gasteiger partial charge in [-0.25, -0.2) is 8.42 Å². The van der Waals surface area contributed by atoms with E-state index in [0.717, 1.165) is 5.56 Å². The lowest BCUT2D eigenvalue weighted by Gasteiger charge is -2.22. The fraction of sp³-hybridized carbons (Fsp3) is 0.381. The first-order chi connectivity index (χ1) is 13.8. The average Bonchev–Trinajstić information content (AvgIpc) is 2.69. The van der Waals surface area contributed by atoms with Crippen LogP contribution < -0.4 is 5.32 Å². The second kappa shape index (κ2) is 11.3. The largest absolute Gasteiger partial charge is 0.379 e. The number of nitrogens with one attached hydrogen (secondary N) is 1. The molecule has 0 atom stereocenters. The summed E-state index contributed by atoms with van der Waals surface area (Å²) in [5.74, 6) is -0.358. The number of ether oxygens (including phenoxy) is 1. The fourth-order valence-electron chi connectivity index (χ4n) is 2.60. The van der Waals surface area contributed by atoms with E-state index < -0.39 is 10.0 Å². The maximum Gasteiger partial charge on any atom is 0.243 e. The van der Waals surface area contributed by atoms with E-state index in [2.05, 4.69) is 5.32 Å². The SMILES string of the molecule is CC(C)OCCCNC(=O)CN(Cc1ccc(Cl)cc1)S(=O)(=O)c1ccccc1. The Balaban J connectivity index is 2.08. The summed E-state index contributed by atoms with van der Waals surface area (Å²) in [5.41, 5.74) is 0.743. The van der Waals surface area contributed by atoms with E-state index in [4.69, 9.17) is 16.3 Å². The second-order valence-corrected chi connectivity index (χ2v) is 9.21. The van der Waals surface area contributed by atoms with Gasteiger partial charge in [0, 0.05) is 24.7 Å². The third kappa shape index (κ3) is 7.78. The van der Waals surface area contributed by atoms with E-state index in [9.17, 15) is 13.2 Å². The Bertz CT molecular complexity index is 871. The van der Waals surface area contributed by atoms with Crippen molar-refractivity contribution >= 4 is 27.5 Å². The first-order valence-corrected chi connectivity index (χ1v) is 11.3. The lowest BCUT2D eigenvalue weighted by atomic mass is 10.2. The predicted octanol–water partition coefficient (Wildman–Crippen LogP) is 3.46. The zero-order valence-corrected chi connectivity index (χ0v) is 18.2. The molecule has 0 aromatic heterocycles. The zero-order chi connectivity index (χ0) is 21.3. The molecule has 2 aromatic carbocycles. The van der Waals surface area contributed by atoms with Crippen LogP contribution in [0.2, 0.25) is 5.02 Å². The predicted molar refractivity (Wildman–Crippen MR) is 114 cm³/mol. The number of halogens is 1. The third-order valence-electron chi connectivity index (χ3n) is 4.07. The first kappa shape index (κ1) is 23.3. The minimum Gasteiger partial charge on any atom is -0.379 e. The van der Waals surface area contributed by atoms with Gasteiger partial charge < -0.3 is 10.1 Å². The molecule has 29 heavy (non-hydrogen) atoms. The Labute approximate surface area is 177 Å². The second-order valence-electron chi connectivity index (χ2n) is 6.84. The fourth-order valence-corrected chi connectivity index (χ4v) is 4.13. The topological polar surface area (TPSA) is 75.7 Å². The highest BCUT2D eigenvalue weighted by atomic mass is 35.5. The molecule has 0 spiro atoms. The molecule has 0 heterocycles. The van der Waals surface area contributed by atoms with Crippen molar-refractivity contribution in [2.24, 2.45) is 0 Å². The summed E-state index contributed by atoms with van der Waals surface area (Å²) >= 11 is 5.91. The van der Waals surface area contributed by atoms with Crippen molar-refractivity contribution in [3.8, 4) is 0 Å². The van der Waals surface area contributed by atoms with Crippen LogP contribution in [0.5, 0.6) is 0 Å². The Kier molecular flexibility index (Phi) is 9.10. The van der Waals surface area contributed by atoms with Crippen molar-refractivity contribution in [1.82, 2.24) is 9.62 Å². The summed E-state index contributed by atoms with van der Waals surface area (Å²) in [6.07, 6.45) is 0.795. The van der Waals surface area contributed by atoms with Crippen molar-refractivity contribution in [2.45, 2.75) is 37.8 Å². The van der Waals surface area contributed by atoms with Gasteiger partial charge in [0.05, 0.1) is 17.5 Å². The maximum absolute atomic E-state index is 13.1. The number of carbonyl (C=O) groups excluding carboxylic acids is 1. The number of benzene rings is 2. The molecule has 8 heteroatoms. The smallest absolute Gasteiger partial charge is 0.243 e. The standard InChI is InChI=1S/C21H27ClN2O4S/c1-17(2)28-14-6-13-23-21(25)16-24(15-18-9-11-19(22)12-10-18)29(26,27)20-7-4-3-5-8-20/h3-5,7-12,17H,6,13-16H2,1-2H3,(H,23,25). The van der Waals surface area contributed by atoms with Crippen LogP contribution >= 0.6 is 11.6 Å². The van der Waals surface area contributed by atoms with Crippen LogP contribution in [-0.4, -0.2) is 44.4 Å². The number of nitrogens with zero attached hydrogens (tertiary/aromatic N) is 1. The van der Waals surface area contributed by atoms with Crippen LogP contribution in [0, 0.1) is 0 Å². The molecule has 0 unspecified atom stereocenters. The van der Waals surface area contributed by atoms with Gasteiger partial charge in [0.1, 0.15) is 0 Å². The average molecular weight is 439 g/mol. The zero-order valence-electron chi connectivity index (χ0n) is 16.7. The van der Waals surface area contributed by atoms with E-state index in [1.165, 1.54) is 16.4 Å². The Hall–Kier alpha value is -1.93. The van der Waals surface area contributed by atoms with Gasteiger partial charge in [-0.2, -0.15) is 4.31 Å². The summed E-state index contributed by atoms with van der Waals surface area (Å²) in [6, 6.07) is 15.0. The van der Waals surface area contributed by atoms with Crippen molar-refractivity contribution in [2.75, 3.05) is 19.7 Å². The molecule has 1 N–H and O–H groups in total. The van der Waals surface area contributed by atoms with E-state index in [1.54, 1.807) is 42.5 Å². The molecule has 0 aliphatic carbocycles. The minimum absolute atomic E-state index is 0.0677. The molecule has 2 aromatic rings. The molecule has 0 saturated heterocycles. The lowest BCUT2D eigenvalue weighted by molar-refractivity contribution is -0.121. The Morgan fingerprint density at radius 2 is 1.76 bits per heavy atom. The molecule has 0 bridgehead atoms. The number of hydrogen-bond donors (Lipinski definition) is 1. The van der Waals surface area contributed by atoms with Crippen LogP contribution in [0.3, 0.4) is 0 Å². The molecular weight excluding hydrogens is 412 g/mol. The monoisotopic (exact) mass is 438 g/mol. The minimum atomic E-state index is -3.84. The summed E-state index contributed by atoms with van der Waals surface area (Å²) in [5, 5.41) is 3.32. The van der Waals surface area contributed by atoms with Crippen molar-refractivity contribution < 1.29 is 17.9 Å². The van der Waals surface area contributed by atoms with Gasteiger partial charge in [0.25, 0.3) is 0 Å². The highest BCUT2D eigenvalue weighted by Gasteiger charge is 2.26. The molecule has 0 radical (unpaired) electrons. The molecule has 6 nitrogen and oxygen atoms in total. The number of hydrogen-bond acceptors (Lipinski definition) is 4. The highest BCUT2D eigenvalue weighted by molar-refractivity contribution is 7.89. The van der Waals surface area contributed by atoms with Crippen molar-refractivity contribution in [3.63, 3.8) is 0 Å². The number of amides is 1. The molecule has 2 rings (SSSR count). The number of rotatable bonds is 11. The summed E-state index contributed by atoms with van der Waals surface area (Å²) in [7, 11) is -3.84. The van der Waals surface area contributed by atoms with E-state index in [1.807, 2.05) is 13.8 Å². The van der Waals surface area contributed by atoms with Gasteiger partial charge in [-0.05, 0) is 50.1 Å². The normalized spacial score (nSPS) is 11.8. The van der Waals surface area contributed by atoms with Crippen molar-refractivity contribution in [1.29, 1.82) is 0 Å².